The summed E-state index contributed by atoms with van der Waals surface area (Å²) in [6.45, 7) is 4.63. The molecule has 140 valence electrons. The summed E-state index contributed by atoms with van der Waals surface area (Å²) in [6, 6.07) is 15.0. The molecule has 0 spiro atoms. The zero-order chi connectivity index (χ0) is 18.5. The van der Waals surface area contributed by atoms with Crippen LogP contribution in [0.5, 0.6) is 0 Å². The number of halogens is 2. The minimum atomic E-state index is -0.807. The second-order valence-corrected chi connectivity index (χ2v) is 7.43. The monoisotopic (exact) mass is 358 g/mol. The first-order chi connectivity index (χ1) is 12.6. The molecule has 0 bridgehead atoms. The molecule has 0 aliphatic carbocycles. The van der Waals surface area contributed by atoms with Crippen molar-refractivity contribution in [3.8, 4) is 0 Å². The number of nitrogens with two attached hydrogens (primary N) is 1. The van der Waals surface area contributed by atoms with Gasteiger partial charge in [-0.25, -0.2) is 8.78 Å². The standard InChI is InChI=1S/C22H28F2N2/c1-16(20(15-25)19-7-8-21(23)22(24)14-19)26-11-9-18(10-12-26)13-17-5-3-2-4-6-17/h2-8,14,16,18,20H,9-13,15,25H2,1H3. The topological polar surface area (TPSA) is 29.3 Å². The van der Waals surface area contributed by atoms with E-state index < -0.39 is 11.6 Å². The van der Waals surface area contributed by atoms with E-state index in [0.29, 0.717) is 12.5 Å². The lowest BCUT2D eigenvalue weighted by Gasteiger charge is -2.39. The maximum absolute atomic E-state index is 13.6. The van der Waals surface area contributed by atoms with Gasteiger partial charge in [0.05, 0.1) is 0 Å². The van der Waals surface area contributed by atoms with Crippen LogP contribution in [0.15, 0.2) is 48.5 Å². The molecule has 1 aliphatic heterocycles. The number of rotatable bonds is 6. The van der Waals surface area contributed by atoms with Crippen LogP contribution in [-0.4, -0.2) is 30.6 Å². The van der Waals surface area contributed by atoms with Crippen LogP contribution < -0.4 is 5.73 Å². The molecule has 0 saturated carbocycles. The molecule has 3 rings (SSSR count). The van der Waals surface area contributed by atoms with Gasteiger partial charge in [-0.1, -0.05) is 36.4 Å². The van der Waals surface area contributed by atoms with E-state index in [-0.39, 0.29) is 12.0 Å². The molecule has 0 radical (unpaired) electrons. The van der Waals surface area contributed by atoms with Crippen LogP contribution in [0.1, 0.15) is 36.8 Å². The summed E-state index contributed by atoms with van der Waals surface area (Å²) >= 11 is 0. The smallest absolute Gasteiger partial charge is 0.159 e. The van der Waals surface area contributed by atoms with Gasteiger partial charge in [-0.05, 0) is 68.5 Å². The third-order valence-electron chi connectivity index (χ3n) is 5.80. The predicted octanol–water partition coefficient (Wildman–Crippen LogP) is 4.35. The summed E-state index contributed by atoms with van der Waals surface area (Å²) in [5, 5.41) is 0. The van der Waals surface area contributed by atoms with Crippen molar-refractivity contribution in [2.24, 2.45) is 11.7 Å². The molecule has 1 aliphatic rings. The molecule has 2 N–H and O–H groups in total. The molecule has 2 aromatic rings. The first-order valence-corrected chi connectivity index (χ1v) is 9.51. The van der Waals surface area contributed by atoms with Crippen molar-refractivity contribution >= 4 is 0 Å². The van der Waals surface area contributed by atoms with Gasteiger partial charge in [0.15, 0.2) is 11.6 Å². The Kier molecular flexibility index (Phi) is 6.38. The van der Waals surface area contributed by atoms with Gasteiger partial charge in [-0.3, -0.25) is 4.90 Å². The first kappa shape index (κ1) is 19.0. The summed E-state index contributed by atoms with van der Waals surface area (Å²) in [5.41, 5.74) is 8.17. The van der Waals surface area contributed by atoms with Gasteiger partial charge in [-0.15, -0.1) is 0 Å². The molecule has 2 unspecified atom stereocenters. The summed E-state index contributed by atoms with van der Waals surface area (Å²) in [6.07, 6.45) is 3.45. The summed E-state index contributed by atoms with van der Waals surface area (Å²) in [7, 11) is 0. The third-order valence-corrected chi connectivity index (χ3v) is 5.80. The van der Waals surface area contributed by atoms with E-state index in [2.05, 4.69) is 42.2 Å². The Labute approximate surface area is 155 Å². The Morgan fingerprint density at radius 1 is 1.04 bits per heavy atom. The lowest BCUT2D eigenvalue weighted by molar-refractivity contribution is 0.125. The largest absolute Gasteiger partial charge is 0.330 e. The maximum atomic E-state index is 13.6. The number of hydrogen-bond acceptors (Lipinski definition) is 2. The van der Waals surface area contributed by atoms with Crippen molar-refractivity contribution in [1.29, 1.82) is 0 Å². The number of nitrogens with zero attached hydrogens (tertiary/aromatic N) is 1. The van der Waals surface area contributed by atoms with E-state index in [1.165, 1.54) is 17.7 Å². The van der Waals surface area contributed by atoms with Crippen LogP contribution >= 0.6 is 0 Å². The highest BCUT2D eigenvalue weighted by Gasteiger charge is 2.28. The van der Waals surface area contributed by atoms with Gasteiger partial charge in [0.1, 0.15) is 0 Å². The SMILES string of the molecule is CC(C(CN)c1ccc(F)c(F)c1)N1CCC(Cc2ccccc2)CC1. The van der Waals surface area contributed by atoms with Crippen LogP contribution in [0.25, 0.3) is 0 Å². The van der Waals surface area contributed by atoms with E-state index in [1.807, 2.05) is 0 Å². The molecule has 26 heavy (non-hydrogen) atoms. The summed E-state index contributed by atoms with van der Waals surface area (Å²) < 4.78 is 26.8. The van der Waals surface area contributed by atoms with Crippen molar-refractivity contribution in [2.75, 3.05) is 19.6 Å². The second kappa shape index (κ2) is 8.74. The highest BCUT2D eigenvalue weighted by Crippen LogP contribution is 2.29. The van der Waals surface area contributed by atoms with Crippen LogP contribution in [-0.2, 0) is 6.42 Å². The quantitative estimate of drug-likeness (QED) is 0.832. The van der Waals surface area contributed by atoms with Crippen molar-refractivity contribution in [3.05, 3.63) is 71.3 Å². The third kappa shape index (κ3) is 4.49. The molecule has 0 aromatic heterocycles. The van der Waals surface area contributed by atoms with Crippen LogP contribution in [0.2, 0.25) is 0 Å². The fourth-order valence-corrected chi connectivity index (χ4v) is 4.12. The minimum absolute atomic E-state index is 0.00998. The molecule has 0 amide bonds. The number of piperidine rings is 1. The molecule has 1 heterocycles. The van der Waals surface area contributed by atoms with Crippen molar-refractivity contribution in [2.45, 2.75) is 38.1 Å². The Morgan fingerprint density at radius 3 is 2.35 bits per heavy atom. The number of benzene rings is 2. The van der Waals surface area contributed by atoms with Crippen LogP contribution in [0.4, 0.5) is 8.78 Å². The van der Waals surface area contributed by atoms with Gasteiger partial charge in [0, 0.05) is 18.5 Å². The van der Waals surface area contributed by atoms with E-state index >= 15 is 0 Å². The van der Waals surface area contributed by atoms with E-state index in [4.69, 9.17) is 5.73 Å². The van der Waals surface area contributed by atoms with Gasteiger partial charge in [-0.2, -0.15) is 0 Å². The average molecular weight is 358 g/mol. The first-order valence-electron chi connectivity index (χ1n) is 9.51. The van der Waals surface area contributed by atoms with Crippen LogP contribution in [0, 0.1) is 17.6 Å². The Balaban J connectivity index is 1.59. The molecule has 2 aromatic carbocycles. The summed E-state index contributed by atoms with van der Waals surface area (Å²) in [4.78, 5) is 2.44. The molecule has 4 heteroatoms. The molecule has 2 atom stereocenters. The normalized spacial score (nSPS) is 18.6. The average Bonchev–Trinajstić information content (AvgIpc) is 2.66. The van der Waals surface area contributed by atoms with Gasteiger partial charge in [0.25, 0.3) is 0 Å². The zero-order valence-electron chi connectivity index (χ0n) is 15.4. The van der Waals surface area contributed by atoms with Crippen LogP contribution in [0.3, 0.4) is 0 Å². The van der Waals surface area contributed by atoms with E-state index in [9.17, 15) is 8.78 Å². The number of likely N-dealkylation sites (tertiary alicyclic amines) is 1. The second-order valence-electron chi connectivity index (χ2n) is 7.43. The molecular weight excluding hydrogens is 330 g/mol. The maximum Gasteiger partial charge on any atom is 0.159 e. The Bertz CT molecular complexity index is 697. The highest BCUT2D eigenvalue weighted by molar-refractivity contribution is 5.24. The molecule has 1 fully saturated rings. The highest BCUT2D eigenvalue weighted by atomic mass is 19.2. The fraction of sp³-hybridized carbons (Fsp3) is 0.455. The Hall–Kier alpha value is -1.78. The fourth-order valence-electron chi connectivity index (χ4n) is 4.12. The van der Waals surface area contributed by atoms with Crippen molar-refractivity contribution < 1.29 is 8.78 Å². The van der Waals surface area contributed by atoms with Gasteiger partial charge < -0.3 is 5.73 Å². The van der Waals surface area contributed by atoms with Crippen molar-refractivity contribution in [1.82, 2.24) is 4.90 Å². The molecular formula is C22H28F2N2. The van der Waals surface area contributed by atoms with Gasteiger partial charge >= 0.3 is 0 Å². The molecule has 2 nitrogen and oxygen atoms in total. The van der Waals surface area contributed by atoms with Crippen molar-refractivity contribution in [3.63, 3.8) is 0 Å². The molecule has 1 saturated heterocycles. The van der Waals surface area contributed by atoms with E-state index in [0.717, 1.165) is 37.9 Å². The zero-order valence-corrected chi connectivity index (χ0v) is 15.4. The minimum Gasteiger partial charge on any atom is -0.330 e. The van der Waals surface area contributed by atoms with Gasteiger partial charge in [0.2, 0.25) is 0 Å². The number of hydrogen-bond donors (Lipinski definition) is 1. The lowest BCUT2D eigenvalue weighted by Crippen LogP contribution is -2.44. The summed E-state index contributed by atoms with van der Waals surface area (Å²) in [5.74, 6) is -0.884. The lowest BCUT2D eigenvalue weighted by atomic mass is 9.86. The van der Waals surface area contributed by atoms with E-state index in [1.54, 1.807) is 6.07 Å². The Morgan fingerprint density at radius 2 is 1.73 bits per heavy atom. The predicted molar refractivity (Wildman–Crippen MR) is 102 cm³/mol.